The number of hydrogen-bond donors (Lipinski definition) is 0. The fraction of sp³-hybridized carbons (Fsp3) is 0.679. The third kappa shape index (κ3) is 6.19. The van der Waals surface area contributed by atoms with Crippen LogP contribution in [0.4, 0.5) is 5.82 Å². The van der Waals surface area contributed by atoms with Crippen molar-refractivity contribution in [3.05, 3.63) is 35.5 Å². The number of carbonyl (C=O) groups is 2. The maximum Gasteiger partial charge on any atom is 0.240 e. The summed E-state index contributed by atoms with van der Waals surface area (Å²) in [5.74, 6) is -0.0295. The Labute approximate surface area is 209 Å². The number of Topliss-reactive ketones (excluding diaryl/α,β-unsaturated/α-hetero) is 2. The molecule has 3 aliphatic rings. The first kappa shape index (κ1) is 26.0. The number of methoxy groups -OCH3 is 2. The SMILES string of the molecule is COC1(OC)CC(=O)C2=C(CC(CCCCCCCCN3CCN(c4ccccn4)CC3)C2)C1=O. The number of allylic oxidation sites excluding steroid dienone is 1. The normalized spacial score (nSPS) is 22.7. The zero-order valence-electron chi connectivity index (χ0n) is 21.5. The average Bonchev–Trinajstić information content (AvgIpc) is 3.34. The Bertz CT molecular complexity index is 889. The van der Waals surface area contributed by atoms with Crippen molar-refractivity contribution < 1.29 is 19.1 Å². The lowest BCUT2D eigenvalue weighted by Crippen LogP contribution is -2.48. The van der Waals surface area contributed by atoms with Gasteiger partial charge in [-0.2, -0.15) is 0 Å². The minimum Gasteiger partial charge on any atom is -0.354 e. The van der Waals surface area contributed by atoms with E-state index in [0.29, 0.717) is 17.9 Å². The molecule has 0 saturated carbocycles. The molecule has 2 aliphatic carbocycles. The number of anilines is 1. The Balaban J connectivity index is 1.05. The number of nitrogens with zero attached hydrogens (tertiary/aromatic N) is 3. The molecule has 1 aromatic heterocycles. The van der Waals surface area contributed by atoms with E-state index in [2.05, 4.69) is 26.9 Å². The van der Waals surface area contributed by atoms with E-state index in [1.54, 1.807) is 0 Å². The third-order valence-corrected chi connectivity index (χ3v) is 8.04. The van der Waals surface area contributed by atoms with Crippen LogP contribution < -0.4 is 4.90 Å². The Hall–Kier alpha value is -2.09. The molecule has 192 valence electrons. The summed E-state index contributed by atoms with van der Waals surface area (Å²) < 4.78 is 10.7. The highest BCUT2D eigenvalue weighted by Gasteiger charge is 2.50. The van der Waals surface area contributed by atoms with E-state index in [0.717, 1.165) is 50.4 Å². The maximum absolute atomic E-state index is 12.9. The van der Waals surface area contributed by atoms with Gasteiger partial charge in [0.2, 0.25) is 11.6 Å². The van der Waals surface area contributed by atoms with Gasteiger partial charge in [-0.25, -0.2) is 4.98 Å². The minimum absolute atomic E-state index is 0.00427. The van der Waals surface area contributed by atoms with E-state index in [1.165, 1.54) is 59.3 Å². The molecule has 1 fully saturated rings. The van der Waals surface area contributed by atoms with Crippen molar-refractivity contribution in [2.24, 2.45) is 5.92 Å². The van der Waals surface area contributed by atoms with E-state index in [1.807, 2.05) is 12.3 Å². The summed E-state index contributed by atoms with van der Waals surface area (Å²) in [4.78, 5) is 34.9. The Morgan fingerprint density at radius 2 is 1.60 bits per heavy atom. The number of piperazine rings is 1. The van der Waals surface area contributed by atoms with Gasteiger partial charge in [0, 0.05) is 57.7 Å². The van der Waals surface area contributed by atoms with Crippen LogP contribution in [0.15, 0.2) is 35.5 Å². The zero-order chi connectivity index (χ0) is 24.7. The lowest BCUT2D eigenvalue weighted by Gasteiger charge is -2.35. The number of unbranched alkanes of at least 4 members (excludes halogenated alkanes) is 5. The number of rotatable bonds is 12. The quantitative estimate of drug-likeness (QED) is 0.326. The van der Waals surface area contributed by atoms with Crippen LogP contribution in [0.25, 0.3) is 0 Å². The highest BCUT2D eigenvalue weighted by Crippen LogP contribution is 2.43. The zero-order valence-corrected chi connectivity index (χ0v) is 21.5. The fourth-order valence-electron chi connectivity index (χ4n) is 5.87. The summed E-state index contributed by atoms with van der Waals surface area (Å²) in [6.45, 7) is 5.56. The van der Waals surface area contributed by atoms with Crippen LogP contribution in [0.1, 0.15) is 64.2 Å². The van der Waals surface area contributed by atoms with Crippen molar-refractivity contribution in [1.82, 2.24) is 9.88 Å². The second-order valence-electron chi connectivity index (χ2n) is 10.2. The smallest absolute Gasteiger partial charge is 0.240 e. The van der Waals surface area contributed by atoms with Crippen molar-refractivity contribution in [3.8, 4) is 0 Å². The van der Waals surface area contributed by atoms with Crippen molar-refractivity contribution in [3.63, 3.8) is 0 Å². The molecule has 1 unspecified atom stereocenters. The van der Waals surface area contributed by atoms with Crippen LogP contribution >= 0.6 is 0 Å². The monoisotopic (exact) mass is 483 g/mol. The molecule has 0 N–H and O–H groups in total. The highest BCUT2D eigenvalue weighted by atomic mass is 16.7. The topological polar surface area (TPSA) is 72.0 Å². The molecule has 0 amide bonds. The number of hydrogen-bond acceptors (Lipinski definition) is 7. The average molecular weight is 484 g/mol. The summed E-state index contributed by atoms with van der Waals surface area (Å²) in [6.07, 6.45) is 11.9. The largest absolute Gasteiger partial charge is 0.354 e. The predicted molar refractivity (Wildman–Crippen MR) is 136 cm³/mol. The lowest BCUT2D eigenvalue weighted by molar-refractivity contribution is -0.207. The summed E-state index contributed by atoms with van der Waals surface area (Å²) in [7, 11) is 2.88. The van der Waals surface area contributed by atoms with E-state index in [-0.39, 0.29) is 18.0 Å². The van der Waals surface area contributed by atoms with Crippen LogP contribution in [0.3, 0.4) is 0 Å². The van der Waals surface area contributed by atoms with Gasteiger partial charge in [0.05, 0.1) is 6.42 Å². The van der Waals surface area contributed by atoms with Crippen LogP contribution in [0.2, 0.25) is 0 Å². The second-order valence-corrected chi connectivity index (χ2v) is 10.2. The lowest BCUT2D eigenvalue weighted by atomic mass is 9.86. The maximum atomic E-state index is 12.9. The van der Waals surface area contributed by atoms with Crippen molar-refractivity contribution >= 4 is 17.4 Å². The molecule has 7 heteroatoms. The fourth-order valence-corrected chi connectivity index (χ4v) is 5.87. The number of aromatic nitrogens is 1. The number of pyridine rings is 1. The van der Waals surface area contributed by atoms with Crippen molar-refractivity contribution in [2.45, 2.75) is 70.0 Å². The molecule has 0 aromatic carbocycles. The van der Waals surface area contributed by atoms with Gasteiger partial charge >= 0.3 is 0 Å². The molecule has 0 radical (unpaired) electrons. The molecule has 0 spiro atoms. The van der Waals surface area contributed by atoms with Crippen LogP contribution in [0.5, 0.6) is 0 Å². The first-order chi connectivity index (χ1) is 17.1. The Kier molecular flexibility index (Phi) is 9.09. The van der Waals surface area contributed by atoms with Crippen molar-refractivity contribution in [2.75, 3.05) is 51.8 Å². The van der Waals surface area contributed by atoms with Gasteiger partial charge in [0.25, 0.3) is 0 Å². The minimum atomic E-state index is -1.41. The molecule has 0 bridgehead atoms. The molecular weight excluding hydrogens is 442 g/mol. The summed E-state index contributed by atoms with van der Waals surface area (Å²) in [5.41, 5.74) is 1.40. The number of ketones is 2. The highest BCUT2D eigenvalue weighted by molar-refractivity contribution is 6.15. The molecule has 7 nitrogen and oxygen atoms in total. The first-order valence-corrected chi connectivity index (χ1v) is 13.3. The van der Waals surface area contributed by atoms with Gasteiger partial charge in [0.1, 0.15) is 5.82 Å². The number of carbonyl (C=O) groups excluding carboxylic acids is 2. The molecule has 4 rings (SSSR count). The summed E-state index contributed by atoms with van der Waals surface area (Å²) in [5, 5.41) is 0. The third-order valence-electron chi connectivity index (χ3n) is 8.04. The van der Waals surface area contributed by atoms with Gasteiger partial charge in [0.15, 0.2) is 5.78 Å². The van der Waals surface area contributed by atoms with Crippen molar-refractivity contribution in [1.29, 1.82) is 0 Å². The molecule has 35 heavy (non-hydrogen) atoms. The van der Waals surface area contributed by atoms with Gasteiger partial charge < -0.3 is 14.4 Å². The van der Waals surface area contributed by atoms with Crippen LogP contribution in [-0.4, -0.2) is 74.2 Å². The number of ether oxygens (including phenoxy) is 2. The Morgan fingerprint density at radius 3 is 2.29 bits per heavy atom. The standard InChI is InChI=1S/C28H41N3O4/c1-34-28(35-2)21-25(32)23-19-22(20-24(23)27(28)33)11-7-5-3-4-6-10-14-30-15-17-31(18-16-30)26-12-8-9-13-29-26/h8-9,12-13,22H,3-7,10-11,14-21H2,1-2H3. The van der Waals surface area contributed by atoms with E-state index < -0.39 is 5.79 Å². The molecule has 1 saturated heterocycles. The molecule has 2 heterocycles. The predicted octanol–water partition coefficient (Wildman–Crippen LogP) is 4.17. The molecular formula is C28H41N3O4. The summed E-state index contributed by atoms with van der Waals surface area (Å²) >= 11 is 0. The first-order valence-electron chi connectivity index (χ1n) is 13.3. The van der Waals surface area contributed by atoms with E-state index in [4.69, 9.17) is 9.47 Å². The second kappa shape index (κ2) is 12.2. The van der Waals surface area contributed by atoms with Crippen LogP contribution in [0, 0.1) is 5.92 Å². The van der Waals surface area contributed by atoms with Gasteiger partial charge in [-0.05, 0) is 50.3 Å². The molecule has 1 aromatic rings. The van der Waals surface area contributed by atoms with Gasteiger partial charge in [-0.1, -0.05) is 38.2 Å². The van der Waals surface area contributed by atoms with E-state index >= 15 is 0 Å². The summed E-state index contributed by atoms with van der Waals surface area (Å²) in [6, 6.07) is 6.12. The Morgan fingerprint density at radius 1 is 0.914 bits per heavy atom. The molecule has 1 atom stereocenters. The van der Waals surface area contributed by atoms with Gasteiger partial charge in [-0.3, -0.25) is 14.5 Å². The molecule has 1 aliphatic heterocycles. The van der Waals surface area contributed by atoms with E-state index in [9.17, 15) is 9.59 Å². The van der Waals surface area contributed by atoms with Crippen LogP contribution in [-0.2, 0) is 19.1 Å². The van der Waals surface area contributed by atoms with Gasteiger partial charge in [-0.15, -0.1) is 0 Å².